The van der Waals surface area contributed by atoms with E-state index in [0.717, 1.165) is 77.9 Å². The maximum Gasteiger partial charge on any atom is 0.169 e. The molecule has 4 nitrogen and oxygen atoms in total. The number of fused-ring (bicyclic) bond motifs is 4. The van der Waals surface area contributed by atoms with Gasteiger partial charge in [0.15, 0.2) is 6.17 Å². The van der Waals surface area contributed by atoms with Crippen molar-refractivity contribution in [3.05, 3.63) is 205 Å². The zero-order valence-corrected chi connectivity index (χ0v) is 28.8. The number of amidine groups is 2. The van der Waals surface area contributed by atoms with Crippen molar-refractivity contribution in [2.75, 3.05) is 0 Å². The molecule has 2 heterocycles. The second-order valence-electron chi connectivity index (χ2n) is 13.4. The molecule has 0 aliphatic carbocycles. The van der Waals surface area contributed by atoms with E-state index in [0.29, 0.717) is 0 Å². The summed E-state index contributed by atoms with van der Waals surface area (Å²) in [5.41, 5.74) is 11.6. The van der Waals surface area contributed by atoms with Crippen molar-refractivity contribution in [1.29, 1.82) is 0 Å². The van der Waals surface area contributed by atoms with Crippen LogP contribution in [0.4, 0.5) is 0 Å². The molecule has 1 atom stereocenters. The van der Waals surface area contributed by atoms with E-state index < -0.39 is 6.17 Å². The molecule has 10 rings (SSSR count). The number of aliphatic imine (C=N–C) groups is 2. The molecule has 53 heavy (non-hydrogen) atoms. The Hall–Kier alpha value is -7.04. The number of nitrogens with one attached hydrogen (secondary N) is 1. The van der Waals surface area contributed by atoms with E-state index in [1.807, 2.05) is 24.3 Å². The molecule has 0 radical (unpaired) electrons. The van der Waals surface area contributed by atoms with E-state index in [-0.39, 0.29) is 0 Å². The molecule has 4 heteroatoms. The van der Waals surface area contributed by atoms with Gasteiger partial charge in [0.1, 0.15) is 22.8 Å². The summed E-state index contributed by atoms with van der Waals surface area (Å²) in [5, 5.41) is 8.10. The van der Waals surface area contributed by atoms with Crippen molar-refractivity contribution in [2.45, 2.75) is 6.17 Å². The molecule has 9 aromatic rings. The summed E-state index contributed by atoms with van der Waals surface area (Å²) in [4.78, 5) is 10.7. The number of nitrogens with zero attached hydrogens (tertiary/aromatic N) is 2. The summed E-state index contributed by atoms with van der Waals surface area (Å²) < 4.78 is 6.52. The number of furan rings is 1. The Bertz CT molecular complexity index is 2850. The normalized spacial score (nSPS) is 14.2. The molecule has 1 aliphatic rings. The molecule has 1 N–H and O–H groups in total. The number of benzene rings is 8. The lowest BCUT2D eigenvalue weighted by molar-refractivity contribution is 0.669. The van der Waals surface area contributed by atoms with Crippen molar-refractivity contribution in [3.63, 3.8) is 0 Å². The molecule has 8 aromatic carbocycles. The van der Waals surface area contributed by atoms with Crippen molar-refractivity contribution in [1.82, 2.24) is 5.32 Å². The molecule has 0 fully saturated rings. The summed E-state index contributed by atoms with van der Waals surface area (Å²) in [5.74, 6) is 1.53. The van der Waals surface area contributed by atoms with Crippen LogP contribution >= 0.6 is 0 Å². The fourth-order valence-corrected chi connectivity index (χ4v) is 7.50. The minimum Gasteiger partial charge on any atom is -0.456 e. The Morgan fingerprint density at radius 3 is 1.70 bits per heavy atom. The molecule has 250 valence electrons. The van der Waals surface area contributed by atoms with Gasteiger partial charge in [-0.1, -0.05) is 158 Å². The second-order valence-corrected chi connectivity index (χ2v) is 13.4. The first-order valence-corrected chi connectivity index (χ1v) is 17.9. The van der Waals surface area contributed by atoms with Crippen LogP contribution in [0, 0.1) is 0 Å². The first-order valence-electron chi connectivity index (χ1n) is 17.9. The largest absolute Gasteiger partial charge is 0.456 e. The lowest BCUT2D eigenvalue weighted by Crippen LogP contribution is -2.36. The van der Waals surface area contributed by atoms with Gasteiger partial charge in [-0.3, -0.25) is 0 Å². The van der Waals surface area contributed by atoms with Gasteiger partial charge in [-0.25, -0.2) is 9.98 Å². The van der Waals surface area contributed by atoms with Gasteiger partial charge < -0.3 is 9.73 Å². The van der Waals surface area contributed by atoms with Crippen molar-refractivity contribution < 1.29 is 4.42 Å². The van der Waals surface area contributed by atoms with Crippen molar-refractivity contribution in [2.24, 2.45) is 9.98 Å². The summed E-state index contributed by atoms with van der Waals surface area (Å²) >= 11 is 0. The van der Waals surface area contributed by atoms with Crippen LogP contribution in [0.25, 0.3) is 66.1 Å². The second kappa shape index (κ2) is 12.9. The van der Waals surface area contributed by atoms with Crippen LogP contribution in [0.3, 0.4) is 0 Å². The molecule has 0 spiro atoms. The van der Waals surface area contributed by atoms with E-state index >= 15 is 0 Å². The molecule has 0 saturated heterocycles. The Balaban J connectivity index is 1.12. The topological polar surface area (TPSA) is 49.9 Å². The van der Waals surface area contributed by atoms with Crippen molar-refractivity contribution >= 4 is 44.4 Å². The van der Waals surface area contributed by atoms with Gasteiger partial charge in [0.05, 0.1) is 0 Å². The van der Waals surface area contributed by atoms with E-state index in [1.165, 1.54) is 16.5 Å². The van der Waals surface area contributed by atoms with Crippen LogP contribution < -0.4 is 5.32 Å². The molecule has 0 bridgehead atoms. The average Bonchev–Trinajstić information content (AvgIpc) is 3.62. The van der Waals surface area contributed by atoms with Gasteiger partial charge in [-0.05, 0) is 80.0 Å². The smallest absolute Gasteiger partial charge is 0.169 e. The first kappa shape index (κ1) is 30.8. The molecule has 1 aromatic heterocycles. The highest BCUT2D eigenvalue weighted by molar-refractivity contribution is 6.24. The van der Waals surface area contributed by atoms with Gasteiger partial charge >= 0.3 is 0 Å². The van der Waals surface area contributed by atoms with Crippen LogP contribution in [0.15, 0.2) is 202 Å². The third-order valence-corrected chi connectivity index (χ3v) is 10.1. The predicted octanol–water partition coefficient (Wildman–Crippen LogP) is 12.2. The van der Waals surface area contributed by atoms with Crippen LogP contribution in [-0.2, 0) is 0 Å². The van der Waals surface area contributed by atoms with Crippen LogP contribution in [0.2, 0.25) is 0 Å². The quantitative estimate of drug-likeness (QED) is 0.190. The maximum atomic E-state index is 6.52. The SMILES string of the molecule is c1ccc(-c2ccc3cc(C4N=C(c5ccccc5-c5ccccc5)NC(c5cccc6oc7cc(-c8ccccc8)ccc7c56)=N4)ccc3c2)cc1. The summed E-state index contributed by atoms with van der Waals surface area (Å²) in [6, 6.07) is 65.7. The fraction of sp³-hybridized carbons (Fsp3) is 0.0204. The van der Waals surface area contributed by atoms with E-state index in [4.69, 9.17) is 14.4 Å². The van der Waals surface area contributed by atoms with Gasteiger partial charge in [0.2, 0.25) is 0 Å². The van der Waals surface area contributed by atoms with Crippen LogP contribution in [-0.4, -0.2) is 11.7 Å². The van der Waals surface area contributed by atoms with Crippen LogP contribution in [0.5, 0.6) is 0 Å². The molecule has 0 amide bonds. The van der Waals surface area contributed by atoms with E-state index in [1.54, 1.807) is 0 Å². The number of rotatable bonds is 6. The highest BCUT2D eigenvalue weighted by Gasteiger charge is 2.25. The van der Waals surface area contributed by atoms with Gasteiger partial charge in [-0.15, -0.1) is 0 Å². The van der Waals surface area contributed by atoms with Gasteiger partial charge in [0, 0.05) is 21.9 Å². The van der Waals surface area contributed by atoms with Gasteiger partial charge in [-0.2, -0.15) is 0 Å². The maximum absolute atomic E-state index is 6.52. The Kier molecular flexibility index (Phi) is 7.51. The highest BCUT2D eigenvalue weighted by Crippen LogP contribution is 2.37. The number of hydrogen-bond donors (Lipinski definition) is 1. The van der Waals surface area contributed by atoms with Crippen LogP contribution in [0.1, 0.15) is 22.9 Å². The van der Waals surface area contributed by atoms with Gasteiger partial charge in [0.25, 0.3) is 0 Å². The standard InChI is InChI=1S/C49H33N3O/c1-4-13-32(14-5-1)35-23-24-37-30-39(26-25-36(37)29-35)47-50-48(41-20-11-10-19-40(41)34-17-8-3-9-18-34)52-49(51-47)43-21-12-22-44-46(43)42-28-27-38(31-45(42)53-44)33-15-6-2-7-16-33/h1-31,47H,(H,50,51,52). The average molecular weight is 680 g/mol. The Morgan fingerprint density at radius 1 is 0.396 bits per heavy atom. The monoisotopic (exact) mass is 679 g/mol. The minimum atomic E-state index is -0.471. The van der Waals surface area contributed by atoms with E-state index in [9.17, 15) is 0 Å². The third-order valence-electron chi connectivity index (χ3n) is 10.1. The highest BCUT2D eigenvalue weighted by atomic mass is 16.3. The lowest BCUT2D eigenvalue weighted by atomic mass is 9.97. The molecule has 1 unspecified atom stereocenters. The molecule has 1 aliphatic heterocycles. The zero-order valence-electron chi connectivity index (χ0n) is 28.8. The Morgan fingerprint density at radius 2 is 0.962 bits per heavy atom. The summed E-state index contributed by atoms with van der Waals surface area (Å²) in [7, 11) is 0. The number of hydrogen-bond acceptors (Lipinski definition) is 4. The summed E-state index contributed by atoms with van der Waals surface area (Å²) in [6.45, 7) is 0. The zero-order chi connectivity index (χ0) is 35.1. The molecular formula is C49H33N3O. The predicted molar refractivity (Wildman–Crippen MR) is 219 cm³/mol. The fourth-order valence-electron chi connectivity index (χ4n) is 7.50. The summed E-state index contributed by atoms with van der Waals surface area (Å²) in [6.07, 6.45) is -0.471. The Labute approximate surface area is 307 Å². The minimum absolute atomic E-state index is 0.471. The lowest BCUT2D eigenvalue weighted by Gasteiger charge is -2.24. The van der Waals surface area contributed by atoms with E-state index in [2.05, 4.69) is 169 Å². The molecule has 0 saturated carbocycles. The van der Waals surface area contributed by atoms with Crippen molar-refractivity contribution in [3.8, 4) is 33.4 Å². The third kappa shape index (κ3) is 5.67. The molecular weight excluding hydrogens is 647 g/mol. The first-order chi connectivity index (χ1) is 26.2.